The second-order valence-corrected chi connectivity index (χ2v) is 4.00. The number of halogens is 1. The lowest BCUT2D eigenvalue weighted by molar-refractivity contribution is 0.606. The molecule has 0 radical (unpaired) electrons. The summed E-state index contributed by atoms with van der Waals surface area (Å²) in [6.45, 7) is 8.34. The van der Waals surface area contributed by atoms with Gasteiger partial charge in [-0.15, -0.1) is 0 Å². The van der Waals surface area contributed by atoms with Gasteiger partial charge in [0, 0.05) is 0 Å². The number of benzene rings is 1. The molecule has 1 heteroatoms. The highest BCUT2D eigenvalue weighted by molar-refractivity contribution is 5.35. The van der Waals surface area contributed by atoms with Crippen LogP contribution in [0.15, 0.2) is 12.1 Å². The van der Waals surface area contributed by atoms with E-state index in [9.17, 15) is 4.39 Å². The van der Waals surface area contributed by atoms with Crippen molar-refractivity contribution in [2.24, 2.45) is 0 Å². The van der Waals surface area contributed by atoms with Crippen LogP contribution in [0.1, 0.15) is 50.3 Å². The Balaban J connectivity index is 3.24. The van der Waals surface area contributed by atoms with Crippen LogP contribution in [0.4, 0.5) is 4.39 Å². The van der Waals surface area contributed by atoms with E-state index in [1.807, 2.05) is 13.0 Å². The van der Waals surface area contributed by atoms with Crippen molar-refractivity contribution in [3.05, 3.63) is 34.6 Å². The zero-order valence-corrected chi connectivity index (χ0v) is 9.52. The zero-order valence-electron chi connectivity index (χ0n) is 9.52. The lowest BCUT2D eigenvalue weighted by atomic mass is 9.93. The van der Waals surface area contributed by atoms with Crippen molar-refractivity contribution in [2.75, 3.05) is 0 Å². The lowest BCUT2D eigenvalue weighted by Crippen LogP contribution is -2.00. The highest BCUT2D eigenvalue weighted by atomic mass is 19.1. The van der Waals surface area contributed by atoms with E-state index in [4.69, 9.17) is 0 Å². The van der Waals surface area contributed by atoms with Crippen LogP contribution in [-0.2, 0) is 12.8 Å². The maximum absolute atomic E-state index is 13.5. The first-order chi connectivity index (χ1) is 6.60. The van der Waals surface area contributed by atoms with Gasteiger partial charge in [-0.25, -0.2) is 4.39 Å². The van der Waals surface area contributed by atoms with Gasteiger partial charge >= 0.3 is 0 Å². The highest BCUT2D eigenvalue weighted by Crippen LogP contribution is 2.23. The standard InChI is InChI=1S/C13H19F/c1-5-10-7-11(6-2)13(14)8-12(10)9(3)4/h7-9H,5-6H2,1-4H3. The summed E-state index contributed by atoms with van der Waals surface area (Å²) < 4.78 is 13.5. The van der Waals surface area contributed by atoms with Gasteiger partial charge in [-0.1, -0.05) is 33.8 Å². The van der Waals surface area contributed by atoms with Crippen LogP contribution in [0.25, 0.3) is 0 Å². The molecular weight excluding hydrogens is 175 g/mol. The normalized spacial score (nSPS) is 11.0. The Morgan fingerprint density at radius 3 is 2.07 bits per heavy atom. The predicted octanol–water partition coefficient (Wildman–Crippen LogP) is 4.07. The molecule has 0 nitrogen and oxygen atoms in total. The summed E-state index contributed by atoms with van der Waals surface area (Å²) in [5.74, 6) is 0.360. The van der Waals surface area contributed by atoms with E-state index < -0.39 is 0 Å². The Bertz CT molecular complexity index is 313. The maximum atomic E-state index is 13.5. The Labute approximate surface area is 86.2 Å². The molecule has 0 atom stereocenters. The zero-order chi connectivity index (χ0) is 10.7. The van der Waals surface area contributed by atoms with Gasteiger partial charge in [-0.3, -0.25) is 0 Å². The van der Waals surface area contributed by atoms with E-state index in [2.05, 4.69) is 20.8 Å². The smallest absolute Gasteiger partial charge is 0.126 e. The average molecular weight is 194 g/mol. The minimum absolute atomic E-state index is 0.0478. The van der Waals surface area contributed by atoms with Crippen LogP contribution in [0.3, 0.4) is 0 Å². The summed E-state index contributed by atoms with van der Waals surface area (Å²) in [6, 6.07) is 3.73. The number of aryl methyl sites for hydroxylation is 2. The second kappa shape index (κ2) is 4.59. The highest BCUT2D eigenvalue weighted by Gasteiger charge is 2.10. The average Bonchev–Trinajstić information content (AvgIpc) is 2.17. The molecule has 0 aromatic heterocycles. The number of hydrogen-bond acceptors (Lipinski definition) is 0. The first-order valence-electron chi connectivity index (χ1n) is 5.41. The molecule has 0 aliphatic heterocycles. The molecular formula is C13H19F. The number of hydrogen-bond donors (Lipinski definition) is 0. The van der Waals surface area contributed by atoms with E-state index in [0.29, 0.717) is 5.92 Å². The van der Waals surface area contributed by atoms with Crippen LogP contribution in [0.5, 0.6) is 0 Å². The molecule has 0 heterocycles. The van der Waals surface area contributed by atoms with Gasteiger partial charge in [0.1, 0.15) is 5.82 Å². The molecule has 1 aromatic carbocycles. The largest absolute Gasteiger partial charge is 0.207 e. The molecule has 0 unspecified atom stereocenters. The Kier molecular flexibility index (Phi) is 3.68. The van der Waals surface area contributed by atoms with Gasteiger partial charge in [0.05, 0.1) is 0 Å². The first kappa shape index (κ1) is 11.2. The van der Waals surface area contributed by atoms with E-state index in [0.717, 1.165) is 24.0 Å². The van der Waals surface area contributed by atoms with E-state index in [-0.39, 0.29) is 5.82 Å². The summed E-state index contributed by atoms with van der Waals surface area (Å²) in [5, 5.41) is 0. The van der Waals surface area contributed by atoms with Crippen LogP contribution < -0.4 is 0 Å². The van der Waals surface area contributed by atoms with Gasteiger partial charge < -0.3 is 0 Å². The molecule has 0 saturated heterocycles. The molecule has 1 rings (SSSR count). The minimum Gasteiger partial charge on any atom is -0.207 e. The van der Waals surface area contributed by atoms with Crippen molar-refractivity contribution in [2.45, 2.75) is 46.5 Å². The minimum atomic E-state index is -0.0478. The van der Waals surface area contributed by atoms with Crippen molar-refractivity contribution in [3.63, 3.8) is 0 Å². The van der Waals surface area contributed by atoms with Gasteiger partial charge in [-0.2, -0.15) is 0 Å². The lowest BCUT2D eigenvalue weighted by Gasteiger charge is -2.13. The third-order valence-electron chi connectivity index (χ3n) is 2.69. The predicted molar refractivity (Wildman–Crippen MR) is 59.2 cm³/mol. The molecule has 1 aromatic rings. The Morgan fingerprint density at radius 1 is 1.07 bits per heavy atom. The molecule has 0 saturated carbocycles. The number of rotatable bonds is 3. The Morgan fingerprint density at radius 2 is 1.64 bits per heavy atom. The van der Waals surface area contributed by atoms with Crippen LogP contribution in [0.2, 0.25) is 0 Å². The summed E-state index contributed by atoms with van der Waals surface area (Å²) in [4.78, 5) is 0. The molecule has 0 aliphatic carbocycles. The van der Waals surface area contributed by atoms with Crippen LogP contribution in [0, 0.1) is 5.82 Å². The van der Waals surface area contributed by atoms with Crippen molar-refractivity contribution in [1.82, 2.24) is 0 Å². The van der Waals surface area contributed by atoms with Gasteiger partial charge in [0.25, 0.3) is 0 Å². The van der Waals surface area contributed by atoms with E-state index in [1.165, 1.54) is 5.56 Å². The van der Waals surface area contributed by atoms with Crippen molar-refractivity contribution >= 4 is 0 Å². The fourth-order valence-corrected chi connectivity index (χ4v) is 1.80. The third-order valence-corrected chi connectivity index (χ3v) is 2.69. The SMILES string of the molecule is CCc1cc(CC)c(C(C)C)cc1F. The van der Waals surface area contributed by atoms with Crippen LogP contribution >= 0.6 is 0 Å². The quantitative estimate of drug-likeness (QED) is 0.680. The van der Waals surface area contributed by atoms with Gasteiger partial charge in [0.15, 0.2) is 0 Å². The third kappa shape index (κ3) is 2.14. The van der Waals surface area contributed by atoms with Crippen molar-refractivity contribution in [3.8, 4) is 0 Å². The van der Waals surface area contributed by atoms with Gasteiger partial charge in [-0.05, 0) is 41.5 Å². The summed E-state index contributed by atoms with van der Waals surface area (Å²) >= 11 is 0. The molecule has 0 spiro atoms. The van der Waals surface area contributed by atoms with E-state index in [1.54, 1.807) is 6.07 Å². The topological polar surface area (TPSA) is 0 Å². The first-order valence-corrected chi connectivity index (χ1v) is 5.41. The summed E-state index contributed by atoms with van der Waals surface area (Å²) in [6.07, 6.45) is 1.76. The molecule has 78 valence electrons. The molecule has 0 fully saturated rings. The van der Waals surface area contributed by atoms with E-state index >= 15 is 0 Å². The Hall–Kier alpha value is -0.850. The van der Waals surface area contributed by atoms with Crippen molar-refractivity contribution < 1.29 is 4.39 Å². The fraction of sp³-hybridized carbons (Fsp3) is 0.538. The fourth-order valence-electron chi connectivity index (χ4n) is 1.80. The van der Waals surface area contributed by atoms with Crippen LogP contribution in [-0.4, -0.2) is 0 Å². The molecule has 0 bridgehead atoms. The second-order valence-electron chi connectivity index (χ2n) is 4.00. The summed E-state index contributed by atoms with van der Waals surface area (Å²) in [5.41, 5.74) is 3.28. The molecule has 0 N–H and O–H groups in total. The maximum Gasteiger partial charge on any atom is 0.126 e. The molecule has 14 heavy (non-hydrogen) atoms. The molecule has 0 aliphatic rings. The summed E-state index contributed by atoms with van der Waals surface area (Å²) in [7, 11) is 0. The molecule has 0 amide bonds. The van der Waals surface area contributed by atoms with Gasteiger partial charge in [0.2, 0.25) is 0 Å². The van der Waals surface area contributed by atoms with Crippen molar-refractivity contribution in [1.29, 1.82) is 0 Å². The monoisotopic (exact) mass is 194 g/mol.